The second kappa shape index (κ2) is 6.93. The molecular formula is C18H15N5O2S. The number of hydrogen-bond acceptors (Lipinski definition) is 6. The van der Waals surface area contributed by atoms with Gasteiger partial charge in [0.15, 0.2) is 10.8 Å². The molecular weight excluding hydrogens is 350 g/mol. The van der Waals surface area contributed by atoms with Crippen LogP contribution in [-0.4, -0.2) is 32.5 Å². The van der Waals surface area contributed by atoms with Gasteiger partial charge in [0.2, 0.25) is 0 Å². The number of aromatic nitrogens is 4. The molecule has 0 aliphatic rings. The molecule has 0 radical (unpaired) electrons. The fourth-order valence-corrected chi connectivity index (χ4v) is 3.34. The molecule has 0 aliphatic heterocycles. The number of carbonyl (C=O) groups excluding carboxylic acids is 1. The van der Waals surface area contributed by atoms with E-state index in [1.165, 1.54) is 11.3 Å². The summed E-state index contributed by atoms with van der Waals surface area (Å²) < 4.78 is 7.99. The Kier molecular flexibility index (Phi) is 4.32. The van der Waals surface area contributed by atoms with Crippen molar-refractivity contribution in [3.05, 3.63) is 60.4 Å². The van der Waals surface area contributed by atoms with Crippen molar-refractivity contribution in [3.63, 3.8) is 0 Å². The standard InChI is InChI=1S/C18H15N5O2S/c1-2-25-13-8-9-14-16(10-13)26-18(19-14)20-17(24)15-11-23(22-21-15)12-6-4-3-5-7-12/h3-11H,2H2,1H3,(H,19,20,24). The van der Waals surface area contributed by atoms with E-state index in [1.54, 1.807) is 10.9 Å². The zero-order valence-electron chi connectivity index (χ0n) is 13.9. The summed E-state index contributed by atoms with van der Waals surface area (Å²) in [6, 6.07) is 15.1. The number of ether oxygens (including phenoxy) is 1. The monoisotopic (exact) mass is 365 g/mol. The number of nitrogens with one attached hydrogen (secondary N) is 1. The summed E-state index contributed by atoms with van der Waals surface area (Å²) in [6.07, 6.45) is 1.59. The first-order valence-corrected chi connectivity index (χ1v) is 8.87. The minimum Gasteiger partial charge on any atom is -0.494 e. The lowest BCUT2D eigenvalue weighted by Crippen LogP contribution is -2.12. The molecule has 0 unspecified atom stereocenters. The average molecular weight is 365 g/mol. The van der Waals surface area contributed by atoms with Crippen molar-refractivity contribution in [2.45, 2.75) is 6.92 Å². The van der Waals surface area contributed by atoms with Gasteiger partial charge in [0, 0.05) is 0 Å². The molecule has 0 spiro atoms. The molecule has 26 heavy (non-hydrogen) atoms. The minimum absolute atomic E-state index is 0.225. The Morgan fingerprint density at radius 2 is 2.08 bits per heavy atom. The van der Waals surface area contributed by atoms with Crippen molar-refractivity contribution in [1.82, 2.24) is 20.0 Å². The van der Waals surface area contributed by atoms with Crippen molar-refractivity contribution >= 4 is 32.6 Å². The van der Waals surface area contributed by atoms with Crippen LogP contribution < -0.4 is 10.1 Å². The maximum Gasteiger partial charge on any atom is 0.279 e. The fraction of sp³-hybridized carbons (Fsp3) is 0.111. The summed E-state index contributed by atoms with van der Waals surface area (Å²) in [5.41, 5.74) is 1.87. The van der Waals surface area contributed by atoms with Crippen LogP contribution in [0.1, 0.15) is 17.4 Å². The first kappa shape index (κ1) is 16.2. The van der Waals surface area contributed by atoms with Crippen LogP contribution in [0.5, 0.6) is 5.75 Å². The molecule has 7 nitrogen and oxygen atoms in total. The predicted octanol–water partition coefficient (Wildman–Crippen LogP) is 3.53. The molecule has 0 atom stereocenters. The van der Waals surface area contributed by atoms with E-state index in [0.717, 1.165) is 21.7 Å². The van der Waals surface area contributed by atoms with E-state index < -0.39 is 0 Å². The van der Waals surface area contributed by atoms with Crippen LogP contribution in [0, 0.1) is 0 Å². The predicted molar refractivity (Wildman–Crippen MR) is 100 cm³/mol. The molecule has 0 saturated heterocycles. The van der Waals surface area contributed by atoms with Crippen molar-refractivity contribution < 1.29 is 9.53 Å². The van der Waals surface area contributed by atoms with Gasteiger partial charge in [-0.15, -0.1) is 5.10 Å². The van der Waals surface area contributed by atoms with Crippen molar-refractivity contribution in [2.24, 2.45) is 0 Å². The molecule has 0 aliphatic carbocycles. The third-order valence-corrected chi connectivity index (χ3v) is 4.57. The van der Waals surface area contributed by atoms with Crippen LogP contribution in [0.4, 0.5) is 5.13 Å². The Morgan fingerprint density at radius 1 is 1.23 bits per heavy atom. The van der Waals surface area contributed by atoms with E-state index in [-0.39, 0.29) is 11.6 Å². The highest BCUT2D eigenvalue weighted by Gasteiger charge is 2.14. The van der Waals surface area contributed by atoms with Crippen LogP contribution in [0.3, 0.4) is 0 Å². The SMILES string of the molecule is CCOc1ccc2nc(NC(=O)c3cn(-c4ccccc4)nn3)sc2c1. The Hall–Kier alpha value is -3.26. The maximum absolute atomic E-state index is 12.4. The van der Waals surface area contributed by atoms with Gasteiger partial charge in [-0.3, -0.25) is 10.1 Å². The molecule has 2 aromatic heterocycles. The maximum atomic E-state index is 12.4. The van der Waals surface area contributed by atoms with Gasteiger partial charge in [-0.2, -0.15) is 0 Å². The Labute approximate surface area is 153 Å². The Balaban J connectivity index is 1.53. The third-order valence-electron chi connectivity index (χ3n) is 3.64. The molecule has 1 N–H and O–H groups in total. The molecule has 4 rings (SSSR count). The molecule has 0 fully saturated rings. The molecule has 0 bridgehead atoms. The fourth-order valence-electron chi connectivity index (χ4n) is 2.45. The number of anilines is 1. The average Bonchev–Trinajstić information content (AvgIpc) is 3.29. The number of rotatable bonds is 5. The van der Waals surface area contributed by atoms with Gasteiger partial charge in [-0.05, 0) is 37.3 Å². The topological polar surface area (TPSA) is 81.9 Å². The highest BCUT2D eigenvalue weighted by Crippen LogP contribution is 2.29. The lowest BCUT2D eigenvalue weighted by atomic mass is 10.3. The van der Waals surface area contributed by atoms with Crippen molar-refractivity contribution in [1.29, 1.82) is 0 Å². The van der Waals surface area contributed by atoms with Crippen molar-refractivity contribution in [2.75, 3.05) is 11.9 Å². The second-order valence-electron chi connectivity index (χ2n) is 5.42. The third kappa shape index (κ3) is 3.27. The molecule has 1 amide bonds. The lowest BCUT2D eigenvalue weighted by Gasteiger charge is -2.00. The number of para-hydroxylation sites is 1. The van der Waals surface area contributed by atoms with Crippen LogP contribution >= 0.6 is 11.3 Å². The summed E-state index contributed by atoms with van der Waals surface area (Å²) in [5, 5.41) is 11.2. The van der Waals surface area contributed by atoms with Gasteiger partial charge in [0.05, 0.1) is 28.7 Å². The summed E-state index contributed by atoms with van der Waals surface area (Å²) >= 11 is 1.39. The molecule has 4 aromatic rings. The molecule has 8 heteroatoms. The first-order valence-electron chi connectivity index (χ1n) is 8.05. The van der Waals surface area contributed by atoms with Gasteiger partial charge in [0.25, 0.3) is 5.91 Å². The lowest BCUT2D eigenvalue weighted by molar-refractivity contribution is 0.102. The normalized spacial score (nSPS) is 10.8. The molecule has 2 aromatic carbocycles. The minimum atomic E-state index is -0.351. The Bertz CT molecular complexity index is 1060. The summed E-state index contributed by atoms with van der Waals surface area (Å²) in [6.45, 7) is 2.54. The van der Waals surface area contributed by atoms with E-state index in [1.807, 2.05) is 55.5 Å². The van der Waals surface area contributed by atoms with Crippen LogP contribution in [0.15, 0.2) is 54.7 Å². The van der Waals surface area contributed by atoms with Crippen LogP contribution in [-0.2, 0) is 0 Å². The molecule has 2 heterocycles. The van der Waals surface area contributed by atoms with Crippen molar-refractivity contribution in [3.8, 4) is 11.4 Å². The second-order valence-corrected chi connectivity index (χ2v) is 6.45. The zero-order valence-corrected chi connectivity index (χ0v) is 14.7. The summed E-state index contributed by atoms with van der Waals surface area (Å²) in [4.78, 5) is 16.8. The van der Waals surface area contributed by atoms with E-state index in [9.17, 15) is 4.79 Å². The summed E-state index contributed by atoms with van der Waals surface area (Å²) in [5.74, 6) is 0.434. The summed E-state index contributed by atoms with van der Waals surface area (Å²) in [7, 11) is 0. The zero-order chi connectivity index (χ0) is 17.9. The van der Waals surface area contributed by atoms with Gasteiger partial charge in [-0.25, -0.2) is 9.67 Å². The van der Waals surface area contributed by atoms with E-state index >= 15 is 0 Å². The quantitative estimate of drug-likeness (QED) is 0.585. The van der Waals surface area contributed by atoms with Crippen LogP contribution in [0.25, 0.3) is 15.9 Å². The number of fused-ring (bicyclic) bond motifs is 1. The van der Waals surface area contributed by atoms with Gasteiger partial charge >= 0.3 is 0 Å². The van der Waals surface area contributed by atoms with Gasteiger partial charge in [0.1, 0.15) is 5.75 Å². The van der Waals surface area contributed by atoms with E-state index in [2.05, 4.69) is 20.6 Å². The van der Waals surface area contributed by atoms with Gasteiger partial charge < -0.3 is 4.74 Å². The number of nitrogens with zero attached hydrogens (tertiary/aromatic N) is 4. The number of hydrogen-bond donors (Lipinski definition) is 1. The molecule has 0 saturated carbocycles. The van der Waals surface area contributed by atoms with Gasteiger partial charge in [-0.1, -0.05) is 34.7 Å². The van der Waals surface area contributed by atoms with E-state index in [0.29, 0.717) is 11.7 Å². The number of amides is 1. The first-order chi connectivity index (χ1) is 12.7. The van der Waals surface area contributed by atoms with Crippen LogP contribution in [0.2, 0.25) is 0 Å². The Morgan fingerprint density at radius 3 is 2.88 bits per heavy atom. The highest BCUT2D eigenvalue weighted by molar-refractivity contribution is 7.22. The molecule has 130 valence electrons. The van der Waals surface area contributed by atoms with E-state index in [4.69, 9.17) is 4.74 Å². The highest BCUT2D eigenvalue weighted by atomic mass is 32.1. The smallest absolute Gasteiger partial charge is 0.279 e. The number of benzene rings is 2. The largest absolute Gasteiger partial charge is 0.494 e. The number of thiazole rings is 1. The number of carbonyl (C=O) groups is 1.